The van der Waals surface area contributed by atoms with Gasteiger partial charge in [0.2, 0.25) is 11.2 Å². The minimum Gasteiger partial charge on any atom is -0.352 e. The van der Waals surface area contributed by atoms with Crippen LogP contribution in [0.5, 0.6) is 0 Å². The third kappa shape index (κ3) is 2.32. The molecule has 0 aromatic carbocycles. The van der Waals surface area contributed by atoms with Gasteiger partial charge in [0.1, 0.15) is 5.82 Å². The average Bonchev–Trinajstić information content (AvgIpc) is 2.82. The lowest BCUT2D eigenvalue weighted by Gasteiger charge is -2.08. The van der Waals surface area contributed by atoms with Crippen molar-refractivity contribution in [1.82, 2.24) is 15.0 Å². The lowest BCUT2D eigenvalue weighted by Crippen LogP contribution is -2.14. The summed E-state index contributed by atoms with van der Waals surface area (Å²) in [6, 6.07) is 0.306. The number of aromatic nitrogens is 3. The predicted octanol–water partition coefficient (Wildman–Crippen LogP) is 2.22. The lowest BCUT2D eigenvalue weighted by atomic mass is 10.4. The van der Waals surface area contributed by atoms with Crippen molar-refractivity contribution in [3.05, 3.63) is 11.1 Å². The topological polar surface area (TPSA) is 50.7 Å². The third-order valence-corrected chi connectivity index (χ3v) is 2.15. The van der Waals surface area contributed by atoms with Gasteiger partial charge in [-0.3, -0.25) is 0 Å². The van der Waals surface area contributed by atoms with Gasteiger partial charge in [-0.1, -0.05) is 0 Å². The molecule has 0 aliphatic heterocycles. The molecule has 0 amide bonds. The number of nitrogens with zero attached hydrogens (tertiary/aromatic N) is 3. The molecule has 0 bridgehead atoms. The quantitative estimate of drug-likeness (QED) is 0.835. The van der Waals surface area contributed by atoms with Crippen molar-refractivity contribution in [3.63, 3.8) is 0 Å². The van der Waals surface area contributed by atoms with E-state index in [0.29, 0.717) is 17.9 Å². The molecule has 1 aliphatic rings. The smallest absolute Gasteiger partial charge is 0.227 e. The molecule has 1 saturated carbocycles. The standard InChI is InChI=1S/C9H13ClN4/c1-5(2)11-9-13-7(6-3-4-6)12-8(10)14-9/h5-6H,3-4H2,1-2H3,(H,11,12,13,14). The molecule has 2 rings (SSSR count). The van der Waals surface area contributed by atoms with Crippen molar-refractivity contribution in [2.75, 3.05) is 5.32 Å². The Balaban J connectivity index is 2.22. The van der Waals surface area contributed by atoms with Gasteiger partial charge in [-0.25, -0.2) is 4.98 Å². The molecule has 1 fully saturated rings. The van der Waals surface area contributed by atoms with Gasteiger partial charge in [-0.05, 0) is 38.3 Å². The zero-order valence-electron chi connectivity index (χ0n) is 8.29. The lowest BCUT2D eigenvalue weighted by molar-refractivity contribution is 0.835. The molecule has 5 heteroatoms. The summed E-state index contributed by atoms with van der Waals surface area (Å²) in [5.74, 6) is 1.92. The number of hydrogen-bond acceptors (Lipinski definition) is 4. The Morgan fingerprint density at radius 1 is 1.29 bits per heavy atom. The van der Waals surface area contributed by atoms with Crippen molar-refractivity contribution in [1.29, 1.82) is 0 Å². The van der Waals surface area contributed by atoms with Crippen molar-refractivity contribution in [2.45, 2.75) is 38.6 Å². The molecule has 0 unspecified atom stereocenters. The van der Waals surface area contributed by atoms with E-state index in [2.05, 4.69) is 20.3 Å². The molecule has 1 aromatic heterocycles. The second-order valence-electron chi connectivity index (χ2n) is 3.86. The summed E-state index contributed by atoms with van der Waals surface area (Å²) >= 11 is 5.80. The van der Waals surface area contributed by atoms with Crippen LogP contribution in [0.1, 0.15) is 38.4 Å². The Hall–Kier alpha value is -0.900. The summed E-state index contributed by atoms with van der Waals surface area (Å²) < 4.78 is 0. The van der Waals surface area contributed by atoms with Crippen LogP contribution in [0, 0.1) is 0 Å². The summed E-state index contributed by atoms with van der Waals surface area (Å²) in [4.78, 5) is 12.4. The highest BCUT2D eigenvalue weighted by Crippen LogP contribution is 2.38. The summed E-state index contributed by atoms with van der Waals surface area (Å²) in [6.07, 6.45) is 2.34. The maximum atomic E-state index is 5.80. The molecule has 1 aromatic rings. The SMILES string of the molecule is CC(C)Nc1nc(Cl)nc(C2CC2)n1. The van der Waals surface area contributed by atoms with Crippen LogP contribution in [-0.2, 0) is 0 Å². The fourth-order valence-corrected chi connectivity index (χ4v) is 1.38. The highest BCUT2D eigenvalue weighted by Gasteiger charge is 2.27. The Morgan fingerprint density at radius 3 is 2.57 bits per heavy atom. The molecule has 0 radical (unpaired) electrons. The van der Waals surface area contributed by atoms with Crippen LogP contribution >= 0.6 is 11.6 Å². The normalized spacial score (nSPS) is 16.0. The van der Waals surface area contributed by atoms with Crippen molar-refractivity contribution in [3.8, 4) is 0 Å². The highest BCUT2D eigenvalue weighted by molar-refractivity contribution is 6.28. The van der Waals surface area contributed by atoms with Crippen LogP contribution in [0.3, 0.4) is 0 Å². The maximum Gasteiger partial charge on any atom is 0.227 e. The van der Waals surface area contributed by atoms with Gasteiger partial charge < -0.3 is 5.32 Å². The molecule has 0 atom stereocenters. The van der Waals surface area contributed by atoms with Gasteiger partial charge >= 0.3 is 0 Å². The van der Waals surface area contributed by atoms with Gasteiger partial charge in [0.15, 0.2) is 0 Å². The van der Waals surface area contributed by atoms with Crippen LogP contribution in [0.2, 0.25) is 5.28 Å². The second-order valence-corrected chi connectivity index (χ2v) is 4.20. The van der Waals surface area contributed by atoms with E-state index in [0.717, 1.165) is 5.82 Å². The number of anilines is 1. The molecular formula is C9H13ClN4. The monoisotopic (exact) mass is 212 g/mol. The first-order valence-electron chi connectivity index (χ1n) is 4.83. The molecule has 4 nitrogen and oxygen atoms in total. The Kier molecular flexibility index (Phi) is 2.54. The van der Waals surface area contributed by atoms with E-state index < -0.39 is 0 Å². The predicted molar refractivity (Wildman–Crippen MR) is 55.6 cm³/mol. The molecular weight excluding hydrogens is 200 g/mol. The van der Waals surface area contributed by atoms with Gasteiger partial charge in [-0.2, -0.15) is 9.97 Å². The summed E-state index contributed by atoms with van der Waals surface area (Å²) in [7, 11) is 0. The zero-order chi connectivity index (χ0) is 10.1. The van der Waals surface area contributed by atoms with Gasteiger partial charge in [0, 0.05) is 12.0 Å². The molecule has 1 heterocycles. The van der Waals surface area contributed by atoms with Crippen LogP contribution in [0.4, 0.5) is 5.95 Å². The number of nitrogens with one attached hydrogen (secondary N) is 1. The van der Waals surface area contributed by atoms with Crippen molar-refractivity contribution in [2.24, 2.45) is 0 Å². The summed E-state index contributed by atoms with van der Waals surface area (Å²) in [5.41, 5.74) is 0. The van der Waals surface area contributed by atoms with E-state index >= 15 is 0 Å². The largest absolute Gasteiger partial charge is 0.352 e. The maximum absolute atomic E-state index is 5.80. The number of rotatable bonds is 3. The molecule has 0 spiro atoms. The number of halogens is 1. The van der Waals surface area contributed by atoms with Crippen LogP contribution < -0.4 is 5.32 Å². The highest BCUT2D eigenvalue weighted by atomic mass is 35.5. The van der Waals surface area contributed by atoms with E-state index in [4.69, 9.17) is 11.6 Å². The fourth-order valence-electron chi connectivity index (χ4n) is 1.21. The summed E-state index contributed by atoms with van der Waals surface area (Å²) in [5, 5.41) is 3.40. The van der Waals surface area contributed by atoms with Gasteiger partial charge in [0.25, 0.3) is 0 Å². The Labute approximate surface area is 88.1 Å². The first-order chi connectivity index (χ1) is 6.65. The van der Waals surface area contributed by atoms with E-state index in [-0.39, 0.29) is 5.28 Å². The first kappa shape index (κ1) is 9.65. The van der Waals surface area contributed by atoms with E-state index in [1.165, 1.54) is 12.8 Å². The molecule has 76 valence electrons. The third-order valence-electron chi connectivity index (χ3n) is 1.99. The molecule has 1 N–H and O–H groups in total. The summed E-state index contributed by atoms with van der Waals surface area (Å²) in [6.45, 7) is 4.07. The molecule has 1 aliphatic carbocycles. The van der Waals surface area contributed by atoms with E-state index in [1.54, 1.807) is 0 Å². The average molecular weight is 213 g/mol. The van der Waals surface area contributed by atoms with Crippen molar-refractivity contribution < 1.29 is 0 Å². The van der Waals surface area contributed by atoms with E-state index in [9.17, 15) is 0 Å². The minimum absolute atomic E-state index is 0.282. The molecule has 14 heavy (non-hydrogen) atoms. The van der Waals surface area contributed by atoms with Crippen molar-refractivity contribution >= 4 is 17.5 Å². The van der Waals surface area contributed by atoms with Gasteiger partial charge in [0.05, 0.1) is 0 Å². The molecule has 0 saturated heterocycles. The first-order valence-corrected chi connectivity index (χ1v) is 5.21. The minimum atomic E-state index is 0.282. The Morgan fingerprint density at radius 2 is 2.00 bits per heavy atom. The fraction of sp³-hybridized carbons (Fsp3) is 0.667. The zero-order valence-corrected chi connectivity index (χ0v) is 9.04. The second kappa shape index (κ2) is 3.69. The Bertz CT molecular complexity index is 336. The van der Waals surface area contributed by atoms with Crippen LogP contribution in [0.25, 0.3) is 0 Å². The van der Waals surface area contributed by atoms with Crippen LogP contribution in [-0.4, -0.2) is 21.0 Å². The number of hydrogen-bond donors (Lipinski definition) is 1. The van der Waals surface area contributed by atoms with Gasteiger partial charge in [-0.15, -0.1) is 0 Å². The van der Waals surface area contributed by atoms with Crippen LogP contribution in [0.15, 0.2) is 0 Å². The van der Waals surface area contributed by atoms with E-state index in [1.807, 2.05) is 13.8 Å².